The summed E-state index contributed by atoms with van der Waals surface area (Å²) < 4.78 is 17.4. The summed E-state index contributed by atoms with van der Waals surface area (Å²) >= 11 is 0. The lowest BCUT2D eigenvalue weighted by Crippen LogP contribution is -2.50. The average molecular weight is 345 g/mol. The molecule has 1 aromatic rings. The molecule has 5 nitrogen and oxygen atoms in total. The van der Waals surface area contributed by atoms with Crippen LogP contribution in [0.25, 0.3) is 0 Å². The highest BCUT2D eigenvalue weighted by Crippen LogP contribution is 2.40. The van der Waals surface area contributed by atoms with Crippen LogP contribution in [-0.2, 0) is 20.8 Å². The molecule has 4 rings (SSSR count). The maximum absolute atomic E-state index is 12.7. The summed E-state index contributed by atoms with van der Waals surface area (Å²) in [6.07, 6.45) is 6.58. The van der Waals surface area contributed by atoms with Crippen LogP contribution in [0.3, 0.4) is 0 Å². The molecule has 0 radical (unpaired) electrons. The Kier molecular flexibility index (Phi) is 4.95. The molecule has 0 unspecified atom stereocenters. The van der Waals surface area contributed by atoms with Gasteiger partial charge < -0.3 is 19.1 Å². The summed E-state index contributed by atoms with van der Waals surface area (Å²) in [6, 6.07) is 10.5. The third-order valence-corrected chi connectivity index (χ3v) is 5.49. The van der Waals surface area contributed by atoms with Gasteiger partial charge >= 0.3 is 6.09 Å². The quantitative estimate of drug-likeness (QED) is 0.831. The number of rotatable bonds is 4. The van der Waals surface area contributed by atoms with E-state index in [1.807, 2.05) is 35.2 Å². The molecule has 3 aliphatic rings. The molecule has 5 heteroatoms. The summed E-state index contributed by atoms with van der Waals surface area (Å²) in [5.41, 5.74) is 1.03. The molecule has 0 aromatic heterocycles. The first-order valence-corrected chi connectivity index (χ1v) is 9.53. The van der Waals surface area contributed by atoms with Crippen LogP contribution in [0.15, 0.2) is 30.3 Å². The topological polar surface area (TPSA) is 48.0 Å². The van der Waals surface area contributed by atoms with Gasteiger partial charge in [0, 0.05) is 24.9 Å². The van der Waals surface area contributed by atoms with Gasteiger partial charge in [0.25, 0.3) is 0 Å². The summed E-state index contributed by atoms with van der Waals surface area (Å²) in [5.74, 6) is -0.391. The first kappa shape index (κ1) is 16.9. The lowest BCUT2D eigenvalue weighted by Gasteiger charge is -2.44. The van der Waals surface area contributed by atoms with Crippen molar-refractivity contribution in [3.05, 3.63) is 35.9 Å². The van der Waals surface area contributed by atoms with Crippen molar-refractivity contribution in [2.75, 3.05) is 13.2 Å². The van der Waals surface area contributed by atoms with Crippen LogP contribution in [0, 0.1) is 0 Å². The van der Waals surface area contributed by atoms with E-state index >= 15 is 0 Å². The second-order valence-electron chi connectivity index (χ2n) is 7.37. The monoisotopic (exact) mass is 345 g/mol. The molecule has 1 aliphatic heterocycles. The van der Waals surface area contributed by atoms with E-state index in [1.54, 1.807) is 0 Å². The van der Waals surface area contributed by atoms with Crippen molar-refractivity contribution in [3.63, 3.8) is 0 Å². The van der Waals surface area contributed by atoms with Crippen molar-refractivity contribution in [2.24, 2.45) is 0 Å². The third kappa shape index (κ3) is 3.98. The molecule has 0 atom stereocenters. The Balaban J connectivity index is 1.34. The van der Waals surface area contributed by atoms with Crippen molar-refractivity contribution in [3.8, 4) is 0 Å². The SMILES string of the molecule is O=C(OCc1ccccc1)N(C1CC1)C1CCC2(CC1)OCCCO2. The van der Waals surface area contributed by atoms with E-state index in [0.29, 0.717) is 12.6 Å². The molecule has 25 heavy (non-hydrogen) atoms. The molecule has 136 valence electrons. The molecule has 2 saturated carbocycles. The normalized spacial score (nSPS) is 23.4. The van der Waals surface area contributed by atoms with E-state index in [0.717, 1.165) is 63.7 Å². The van der Waals surface area contributed by atoms with Gasteiger partial charge in [0.05, 0.1) is 13.2 Å². The molecule has 1 aromatic carbocycles. The number of carbonyl (C=O) groups is 1. The Morgan fingerprint density at radius 1 is 1.04 bits per heavy atom. The molecule has 1 spiro atoms. The molecule has 0 bridgehead atoms. The maximum atomic E-state index is 12.7. The molecule has 0 N–H and O–H groups in total. The first-order valence-electron chi connectivity index (χ1n) is 9.53. The van der Waals surface area contributed by atoms with Crippen LogP contribution in [0.2, 0.25) is 0 Å². The van der Waals surface area contributed by atoms with Gasteiger partial charge in [0.15, 0.2) is 5.79 Å². The highest BCUT2D eigenvalue weighted by molar-refractivity contribution is 5.69. The minimum atomic E-state index is -0.391. The highest BCUT2D eigenvalue weighted by atomic mass is 16.7. The number of amides is 1. The van der Waals surface area contributed by atoms with E-state index in [9.17, 15) is 4.79 Å². The fourth-order valence-electron chi connectivity index (χ4n) is 3.97. The predicted octanol–water partition coefficient (Wildman–Crippen LogP) is 3.86. The number of hydrogen-bond acceptors (Lipinski definition) is 4. The Morgan fingerprint density at radius 3 is 2.32 bits per heavy atom. The van der Waals surface area contributed by atoms with Crippen LogP contribution < -0.4 is 0 Å². The standard InChI is InChI=1S/C20H27NO4/c22-19(23-15-16-5-2-1-3-6-16)21(17-7-8-17)18-9-11-20(12-10-18)24-13-4-14-25-20/h1-3,5-6,17-18H,4,7-15H2. The molecular weight excluding hydrogens is 318 g/mol. The van der Waals surface area contributed by atoms with Crippen molar-refractivity contribution >= 4 is 6.09 Å². The Morgan fingerprint density at radius 2 is 1.68 bits per heavy atom. The van der Waals surface area contributed by atoms with Gasteiger partial charge in [-0.1, -0.05) is 30.3 Å². The Labute approximate surface area is 149 Å². The van der Waals surface area contributed by atoms with Crippen LogP contribution in [-0.4, -0.2) is 42.1 Å². The Hall–Kier alpha value is -1.59. The zero-order valence-electron chi connectivity index (χ0n) is 14.7. The van der Waals surface area contributed by atoms with Crippen molar-refractivity contribution in [1.29, 1.82) is 0 Å². The van der Waals surface area contributed by atoms with Gasteiger partial charge in [-0.3, -0.25) is 0 Å². The zero-order valence-corrected chi connectivity index (χ0v) is 14.7. The largest absolute Gasteiger partial charge is 0.445 e. The number of hydrogen-bond donors (Lipinski definition) is 0. The second kappa shape index (κ2) is 7.34. The van der Waals surface area contributed by atoms with Gasteiger partial charge in [-0.05, 0) is 37.7 Å². The minimum absolute atomic E-state index is 0.169. The first-order chi connectivity index (χ1) is 12.3. The molecule has 1 amide bonds. The fourth-order valence-corrected chi connectivity index (χ4v) is 3.97. The fraction of sp³-hybridized carbons (Fsp3) is 0.650. The van der Waals surface area contributed by atoms with E-state index in [2.05, 4.69) is 0 Å². The van der Waals surface area contributed by atoms with Gasteiger partial charge in [0.2, 0.25) is 0 Å². The van der Waals surface area contributed by atoms with Gasteiger partial charge in [-0.25, -0.2) is 4.79 Å². The van der Waals surface area contributed by atoms with Crippen molar-refractivity contribution in [1.82, 2.24) is 4.90 Å². The molecular formula is C20H27NO4. The predicted molar refractivity (Wildman–Crippen MR) is 93.0 cm³/mol. The van der Waals surface area contributed by atoms with Gasteiger partial charge in [-0.2, -0.15) is 0 Å². The summed E-state index contributed by atoms with van der Waals surface area (Å²) in [6.45, 7) is 1.91. The molecule has 3 fully saturated rings. The van der Waals surface area contributed by atoms with Crippen LogP contribution >= 0.6 is 0 Å². The number of carbonyl (C=O) groups excluding carboxylic acids is 1. The lowest BCUT2D eigenvalue weighted by atomic mass is 9.88. The van der Waals surface area contributed by atoms with Gasteiger partial charge in [-0.15, -0.1) is 0 Å². The highest BCUT2D eigenvalue weighted by Gasteiger charge is 2.45. The number of benzene rings is 1. The van der Waals surface area contributed by atoms with Crippen molar-refractivity contribution in [2.45, 2.75) is 69.4 Å². The molecule has 1 heterocycles. The average Bonchev–Trinajstić information content (AvgIpc) is 3.49. The van der Waals surface area contributed by atoms with Gasteiger partial charge in [0.1, 0.15) is 6.61 Å². The lowest BCUT2D eigenvalue weighted by molar-refractivity contribution is -0.283. The van der Waals surface area contributed by atoms with Crippen LogP contribution in [0.5, 0.6) is 0 Å². The second-order valence-corrected chi connectivity index (χ2v) is 7.37. The van der Waals surface area contributed by atoms with E-state index < -0.39 is 5.79 Å². The summed E-state index contributed by atoms with van der Waals surface area (Å²) in [7, 11) is 0. The summed E-state index contributed by atoms with van der Waals surface area (Å²) in [4.78, 5) is 14.7. The third-order valence-electron chi connectivity index (χ3n) is 5.49. The number of nitrogens with zero attached hydrogens (tertiary/aromatic N) is 1. The van der Waals surface area contributed by atoms with E-state index in [-0.39, 0.29) is 12.1 Å². The van der Waals surface area contributed by atoms with Crippen molar-refractivity contribution < 1.29 is 19.0 Å². The zero-order chi connectivity index (χ0) is 17.1. The van der Waals surface area contributed by atoms with Crippen LogP contribution in [0.1, 0.15) is 50.5 Å². The Bertz CT molecular complexity index is 571. The smallest absolute Gasteiger partial charge is 0.410 e. The molecule has 1 saturated heterocycles. The molecule has 2 aliphatic carbocycles. The maximum Gasteiger partial charge on any atom is 0.410 e. The van der Waals surface area contributed by atoms with E-state index in [1.165, 1.54) is 0 Å². The summed E-state index contributed by atoms with van der Waals surface area (Å²) in [5, 5.41) is 0. The number of ether oxygens (including phenoxy) is 3. The van der Waals surface area contributed by atoms with Crippen LogP contribution in [0.4, 0.5) is 4.79 Å². The van der Waals surface area contributed by atoms with E-state index in [4.69, 9.17) is 14.2 Å². The minimum Gasteiger partial charge on any atom is -0.445 e.